The molecule has 0 bridgehead atoms. The van der Waals surface area contributed by atoms with Gasteiger partial charge in [-0.3, -0.25) is 0 Å². The van der Waals surface area contributed by atoms with Crippen molar-refractivity contribution in [3.8, 4) is 0 Å². The summed E-state index contributed by atoms with van der Waals surface area (Å²) in [6.07, 6.45) is 2.20. The number of nitrogens with two attached hydrogens (primary N) is 1. The molecule has 1 unspecified atom stereocenters. The highest BCUT2D eigenvalue weighted by molar-refractivity contribution is 5.55. The first kappa shape index (κ1) is 12.4. The zero-order valence-electron chi connectivity index (χ0n) is 10.7. The normalized spacial score (nSPS) is 19.0. The van der Waals surface area contributed by atoms with Crippen LogP contribution in [0.25, 0.3) is 0 Å². The van der Waals surface area contributed by atoms with E-state index in [0.29, 0.717) is 6.04 Å². The molecular weight excluding hydrogens is 212 g/mol. The van der Waals surface area contributed by atoms with Crippen LogP contribution in [0.5, 0.6) is 0 Å². The molecule has 17 heavy (non-hydrogen) atoms. The van der Waals surface area contributed by atoms with E-state index in [1.54, 1.807) is 0 Å². The lowest BCUT2D eigenvalue weighted by Crippen LogP contribution is -2.37. The van der Waals surface area contributed by atoms with Gasteiger partial charge in [0, 0.05) is 38.0 Å². The van der Waals surface area contributed by atoms with Gasteiger partial charge in [-0.15, -0.1) is 0 Å². The van der Waals surface area contributed by atoms with Crippen molar-refractivity contribution in [3.05, 3.63) is 29.8 Å². The number of hydrogen-bond donors (Lipinski definition) is 1. The van der Waals surface area contributed by atoms with Gasteiger partial charge in [-0.2, -0.15) is 0 Å². The van der Waals surface area contributed by atoms with Gasteiger partial charge in [0.2, 0.25) is 0 Å². The fourth-order valence-electron chi connectivity index (χ4n) is 2.46. The van der Waals surface area contributed by atoms with Crippen LogP contribution in [-0.4, -0.2) is 26.3 Å². The van der Waals surface area contributed by atoms with Crippen molar-refractivity contribution in [1.82, 2.24) is 0 Å². The molecule has 1 saturated heterocycles. The minimum absolute atomic E-state index is 0.0773. The zero-order valence-corrected chi connectivity index (χ0v) is 10.7. The van der Waals surface area contributed by atoms with E-state index in [9.17, 15) is 0 Å². The van der Waals surface area contributed by atoms with E-state index in [4.69, 9.17) is 10.5 Å². The number of nitrogens with zero attached hydrogens (tertiary/aromatic N) is 1. The summed E-state index contributed by atoms with van der Waals surface area (Å²) in [6.45, 7) is 3.78. The first-order chi connectivity index (χ1) is 8.20. The number of rotatable bonds is 3. The molecule has 1 heterocycles. The Kier molecular flexibility index (Phi) is 4.02. The fraction of sp³-hybridized carbons (Fsp3) is 0.571. The van der Waals surface area contributed by atoms with Crippen LogP contribution in [0.4, 0.5) is 5.69 Å². The van der Waals surface area contributed by atoms with Gasteiger partial charge in [0.25, 0.3) is 0 Å². The maximum absolute atomic E-state index is 6.03. The summed E-state index contributed by atoms with van der Waals surface area (Å²) in [5, 5.41) is 0. The fourth-order valence-corrected chi connectivity index (χ4v) is 2.46. The second kappa shape index (κ2) is 5.52. The Balaban J connectivity index is 2.20. The maximum atomic E-state index is 6.03. The van der Waals surface area contributed by atoms with Crippen molar-refractivity contribution in [2.24, 2.45) is 5.73 Å². The minimum atomic E-state index is 0.0773. The Labute approximate surface area is 104 Å². The van der Waals surface area contributed by atoms with Crippen molar-refractivity contribution in [2.75, 3.05) is 25.2 Å². The van der Waals surface area contributed by atoms with E-state index < -0.39 is 0 Å². The van der Waals surface area contributed by atoms with Crippen molar-refractivity contribution in [3.63, 3.8) is 0 Å². The lowest BCUT2D eigenvalue weighted by Gasteiger charge is -2.34. The van der Waals surface area contributed by atoms with Gasteiger partial charge < -0.3 is 15.4 Å². The predicted octanol–water partition coefficient (Wildman–Crippen LogP) is 2.32. The van der Waals surface area contributed by atoms with Gasteiger partial charge in [0.15, 0.2) is 0 Å². The third kappa shape index (κ3) is 2.79. The van der Waals surface area contributed by atoms with Crippen molar-refractivity contribution >= 4 is 5.69 Å². The first-order valence-corrected chi connectivity index (χ1v) is 6.35. The number of benzene rings is 1. The standard InChI is InChI=1S/C14H22N2O/c1-11(15)13-5-3-4-6-14(13)16(2)12-7-9-17-10-8-12/h3-6,11-12H,7-10,15H2,1-2H3. The predicted molar refractivity (Wildman–Crippen MR) is 71.3 cm³/mol. The first-order valence-electron chi connectivity index (χ1n) is 6.35. The molecule has 0 spiro atoms. The molecule has 1 aliphatic heterocycles. The number of hydrogen-bond acceptors (Lipinski definition) is 3. The Morgan fingerprint density at radius 2 is 1.94 bits per heavy atom. The highest BCUT2D eigenvalue weighted by atomic mass is 16.5. The molecule has 2 N–H and O–H groups in total. The van der Waals surface area contributed by atoms with E-state index in [0.717, 1.165) is 26.1 Å². The molecule has 3 nitrogen and oxygen atoms in total. The van der Waals surface area contributed by atoms with Gasteiger partial charge in [0.1, 0.15) is 0 Å². The number of ether oxygens (including phenoxy) is 1. The molecule has 2 rings (SSSR count). The van der Waals surface area contributed by atoms with E-state index in [1.807, 2.05) is 6.92 Å². The highest BCUT2D eigenvalue weighted by Gasteiger charge is 2.20. The SMILES string of the molecule is CC(N)c1ccccc1N(C)C1CCOCC1. The second-order valence-electron chi connectivity index (χ2n) is 4.80. The molecule has 0 saturated carbocycles. The topological polar surface area (TPSA) is 38.5 Å². The van der Waals surface area contributed by atoms with Crippen LogP contribution < -0.4 is 10.6 Å². The Morgan fingerprint density at radius 3 is 2.59 bits per heavy atom. The van der Waals surface area contributed by atoms with Gasteiger partial charge in [-0.25, -0.2) is 0 Å². The molecule has 1 aromatic carbocycles. The molecule has 0 radical (unpaired) electrons. The van der Waals surface area contributed by atoms with E-state index in [-0.39, 0.29) is 6.04 Å². The largest absolute Gasteiger partial charge is 0.381 e. The van der Waals surface area contributed by atoms with Crippen LogP contribution in [0.2, 0.25) is 0 Å². The van der Waals surface area contributed by atoms with Crippen LogP contribution in [-0.2, 0) is 4.74 Å². The van der Waals surface area contributed by atoms with Gasteiger partial charge in [-0.05, 0) is 31.4 Å². The Hall–Kier alpha value is -1.06. The second-order valence-corrected chi connectivity index (χ2v) is 4.80. The minimum Gasteiger partial charge on any atom is -0.381 e. The van der Waals surface area contributed by atoms with Crippen LogP contribution in [0.3, 0.4) is 0 Å². The lowest BCUT2D eigenvalue weighted by atomic mass is 10.0. The van der Waals surface area contributed by atoms with Gasteiger partial charge >= 0.3 is 0 Å². The van der Waals surface area contributed by atoms with Gasteiger partial charge in [-0.1, -0.05) is 18.2 Å². The van der Waals surface area contributed by atoms with Crippen molar-refractivity contribution < 1.29 is 4.74 Å². The monoisotopic (exact) mass is 234 g/mol. The maximum Gasteiger partial charge on any atom is 0.0485 e. The average Bonchev–Trinajstić information content (AvgIpc) is 2.39. The molecule has 1 aliphatic rings. The molecule has 94 valence electrons. The van der Waals surface area contributed by atoms with E-state index >= 15 is 0 Å². The third-order valence-corrected chi connectivity index (χ3v) is 3.55. The summed E-state index contributed by atoms with van der Waals surface area (Å²) in [4.78, 5) is 2.36. The molecule has 0 aromatic heterocycles. The van der Waals surface area contributed by atoms with Crippen LogP contribution in [0, 0.1) is 0 Å². The molecule has 1 fully saturated rings. The van der Waals surface area contributed by atoms with Crippen LogP contribution in [0.15, 0.2) is 24.3 Å². The lowest BCUT2D eigenvalue weighted by molar-refractivity contribution is 0.0854. The summed E-state index contributed by atoms with van der Waals surface area (Å²) in [5.41, 5.74) is 8.51. The summed E-state index contributed by atoms with van der Waals surface area (Å²) >= 11 is 0. The quantitative estimate of drug-likeness (QED) is 0.872. The van der Waals surface area contributed by atoms with E-state index in [2.05, 4.69) is 36.2 Å². The summed E-state index contributed by atoms with van der Waals surface area (Å²) in [7, 11) is 2.16. The number of anilines is 1. The smallest absolute Gasteiger partial charge is 0.0485 e. The molecular formula is C14H22N2O. The average molecular weight is 234 g/mol. The van der Waals surface area contributed by atoms with E-state index in [1.165, 1.54) is 11.3 Å². The summed E-state index contributed by atoms with van der Waals surface area (Å²) in [5.74, 6) is 0. The Bertz CT molecular complexity index is 359. The highest BCUT2D eigenvalue weighted by Crippen LogP contribution is 2.27. The molecule has 3 heteroatoms. The molecule has 1 aromatic rings. The number of para-hydroxylation sites is 1. The molecule has 1 atom stereocenters. The molecule has 0 amide bonds. The van der Waals surface area contributed by atoms with Gasteiger partial charge in [0.05, 0.1) is 0 Å². The van der Waals surface area contributed by atoms with Crippen molar-refractivity contribution in [2.45, 2.75) is 31.8 Å². The van der Waals surface area contributed by atoms with Crippen molar-refractivity contribution in [1.29, 1.82) is 0 Å². The van der Waals surface area contributed by atoms with Crippen LogP contribution >= 0.6 is 0 Å². The molecule has 0 aliphatic carbocycles. The summed E-state index contributed by atoms with van der Waals surface area (Å²) < 4.78 is 5.41. The summed E-state index contributed by atoms with van der Waals surface area (Å²) in [6, 6.07) is 9.07. The third-order valence-electron chi connectivity index (χ3n) is 3.55. The zero-order chi connectivity index (χ0) is 12.3. The Morgan fingerprint density at radius 1 is 1.29 bits per heavy atom. The van der Waals surface area contributed by atoms with Crippen LogP contribution in [0.1, 0.15) is 31.4 Å².